The van der Waals surface area contributed by atoms with Gasteiger partial charge in [0.2, 0.25) is 5.78 Å². The molecule has 0 amide bonds. The van der Waals surface area contributed by atoms with Crippen molar-refractivity contribution in [1.29, 1.82) is 0 Å². The predicted octanol–water partition coefficient (Wildman–Crippen LogP) is 2.36. The highest BCUT2D eigenvalue weighted by Gasteiger charge is 2.20. The number of hydrogen-bond acceptors (Lipinski definition) is 3. The van der Waals surface area contributed by atoms with Gasteiger partial charge in [-0.05, 0) is 12.0 Å². The van der Waals surface area contributed by atoms with Crippen molar-refractivity contribution < 1.29 is 28.3 Å². The number of aliphatic carboxylic acids is 1. The lowest BCUT2D eigenvalue weighted by atomic mass is 9.98. The molecule has 0 fully saturated rings. The van der Waals surface area contributed by atoms with Crippen LogP contribution in [0.1, 0.15) is 29.3 Å². The molecule has 1 aromatic carbocycles. The topological polar surface area (TPSA) is 71.4 Å². The zero-order valence-electron chi connectivity index (χ0n) is 10.8. The van der Waals surface area contributed by atoms with Crippen LogP contribution in [0, 0.1) is 5.92 Å². The molecule has 0 aliphatic carbocycles. The van der Waals surface area contributed by atoms with Crippen molar-refractivity contribution in [2.75, 3.05) is 0 Å². The van der Waals surface area contributed by atoms with Gasteiger partial charge in [-0.2, -0.15) is 0 Å². The Morgan fingerprint density at radius 3 is 2.15 bits per heavy atom. The van der Waals surface area contributed by atoms with E-state index in [9.17, 15) is 23.2 Å². The molecule has 1 aromatic rings. The van der Waals surface area contributed by atoms with Gasteiger partial charge in [0.1, 0.15) is 0 Å². The average molecular weight is 284 g/mol. The van der Waals surface area contributed by atoms with Gasteiger partial charge in [0.05, 0.1) is 12.3 Å². The van der Waals surface area contributed by atoms with Gasteiger partial charge in [-0.25, -0.2) is 8.78 Å². The molecular formula is C14H14F2O4. The molecule has 1 N–H and O–H groups in total. The van der Waals surface area contributed by atoms with Crippen LogP contribution in [0.25, 0.3) is 0 Å². The third kappa shape index (κ3) is 4.53. The van der Waals surface area contributed by atoms with Crippen molar-refractivity contribution in [2.24, 2.45) is 5.92 Å². The van der Waals surface area contributed by atoms with Crippen molar-refractivity contribution in [1.82, 2.24) is 0 Å². The Labute approximate surface area is 114 Å². The van der Waals surface area contributed by atoms with Crippen LogP contribution < -0.4 is 0 Å². The molecule has 108 valence electrons. The summed E-state index contributed by atoms with van der Waals surface area (Å²) in [5.74, 6) is -3.56. The first-order chi connectivity index (χ1) is 9.31. The molecule has 0 radical (unpaired) electrons. The summed E-state index contributed by atoms with van der Waals surface area (Å²) in [6.07, 6.45) is -3.67. The number of carbonyl (C=O) groups is 3. The third-order valence-electron chi connectivity index (χ3n) is 2.82. The number of benzene rings is 1. The summed E-state index contributed by atoms with van der Waals surface area (Å²) in [5.41, 5.74) is 0.877. The third-order valence-corrected chi connectivity index (χ3v) is 2.82. The summed E-state index contributed by atoms with van der Waals surface area (Å²) >= 11 is 0. The van der Waals surface area contributed by atoms with Gasteiger partial charge < -0.3 is 5.11 Å². The average Bonchev–Trinajstić information content (AvgIpc) is 2.39. The Morgan fingerprint density at radius 2 is 1.70 bits per heavy atom. The molecule has 0 spiro atoms. The molecule has 0 aromatic heterocycles. The van der Waals surface area contributed by atoms with E-state index in [-0.39, 0.29) is 5.56 Å². The first-order valence-corrected chi connectivity index (χ1v) is 5.97. The SMILES string of the molecule is CC(Cc1ccc(C(=O)CC(=O)C(F)F)cc1)C(=O)O. The minimum atomic E-state index is -3.14. The lowest BCUT2D eigenvalue weighted by Crippen LogP contribution is -2.15. The van der Waals surface area contributed by atoms with Crippen LogP contribution in [-0.2, 0) is 16.0 Å². The minimum Gasteiger partial charge on any atom is -0.481 e. The molecule has 1 unspecified atom stereocenters. The molecule has 6 heteroatoms. The van der Waals surface area contributed by atoms with Crippen LogP contribution >= 0.6 is 0 Å². The van der Waals surface area contributed by atoms with Gasteiger partial charge in [-0.15, -0.1) is 0 Å². The number of carboxylic acids is 1. The van der Waals surface area contributed by atoms with Crippen molar-refractivity contribution >= 4 is 17.5 Å². The van der Waals surface area contributed by atoms with Gasteiger partial charge in [-0.1, -0.05) is 31.2 Å². The summed E-state index contributed by atoms with van der Waals surface area (Å²) in [5, 5.41) is 8.77. The van der Waals surface area contributed by atoms with Crippen molar-refractivity contribution in [3.05, 3.63) is 35.4 Å². The van der Waals surface area contributed by atoms with Crippen molar-refractivity contribution in [2.45, 2.75) is 26.2 Å². The van der Waals surface area contributed by atoms with E-state index in [1.165, 1.54) is 12.1 Å². The monoisotopic (exact) mass is 284 g/mol. The van der Waals surface area contributed by atoms with Gasteiger partial charge in [0, 0.05) is 5.56 Å². The van der Waals surface area contributed by atoms with Crippen LogP contribution in [0.5, 0.6) is 0 Å². The lowest BCUT2D eigenvalue weighted by molar-refractivity contribution is -0.141. The lowest BCUT2D eigenvalue weighted by Gasteiger charge is -2.07. The number of carboxylic acid groups (broad SMARTS) is 1. The number of carbonyl (C=O) groups excluding carboxylic acids is 2. The Morgan fingerprint density at radius 1 is 1.15 bits per heavy atom. The summed E-state index contributed by atoms with van der Waals surface area (Å²) in [7, 11) is 0. The normalized spacial score (nSPS) is 12.2. The van der Waals surface area contributed by atoms with E-state index in [0.29, 0.717) is 6.42 Å². The second kappa shape index (κ2) is 6.88. The fraction of sp³-hybridized carbons (Fsp3) is 0.357. The van der Waals surface area contributed by atoms with Crippen LogP contribution in [-0.4, -0.2) is 29.1 Å². The number of Topliss-reactive ketones (excluding diaryl/α,β-unsaturated/α-hetero) is 2. The van der Waals surface area contributed by atoms with Crippen LogP contribution in [0.4, 0.5) is 8.78 Å². The fourth-order valence-corrected chi connectivity index (χ4v) is 1.61. The number of hydrogen-bond donors (Lipinski definition) is 1. The summed E-state index contributed by atoms with van der Waals surface area (Å²) in [4.78, 5) is 33.0. The Balaban J connectivity index is 2.69. The molecule has 0 aliphatic heterocycles. The highest BCUT2D eigenvalue weighted by atomic mass is 19.3. The second-order valence-electron chi connectivity index (χ2n) is 4.51. The zero-order valence-corrected chi connectivity index (χ0v) is 10.8. The highest BCUT2D eigenvalue weighted by Crippen LogP contribution is 2.12. The molecule has 1 rings (SSSR count). The van der Waals surface area contributed by atoms with Gasteiger partial charge in [0.25, 0.3) is 6.43 Å². The maximum atomic E-state index is 12.0. The molecule has 0 aliphatic rings. The number of alkyl halides is 2. The summed E-state index contributed by atoms with van der Waals surface area (Å²) in [6.45, 7) is 1.56. The van der Waals surface area contributed by atoms with E-state index in [4.69, 9.17) is 5.11 Å². The quantitative estimate of drug-likeness (QED) is 0.616. The van der Waals surface area contributed by atoms with Crippen LogP contribution in [0.2, 0.25) is 0 Å². The number of rotatable bonds is 7. The van der Waals surface area contributed by atoms with E-state index in [0.717, 1.165) is 5.56 Å². The van der Waals surface area contributed by atoms with Gasteiger partial charge in [-0.3, -0.25) is 14.4 Å². The van der Waals surface area contributed by atoms with Gasteiger partial charge >= 0.3 is 5.97 Å². The largest absolute Gasteiger partial charge is 0.481 e. The standard InChI is InChI=1S/C14H14F2O4/c1-8(14(19)20)6-9-2-4-10(5-3-9)11(17)7-12(18)13(15)16/h2-5,8,13H,6-7H2,1H3,(H,19,20). The number of ketones is 2. The first-order valence-electron chi connectivity index (χ1n) is 5.97. The summed E-state index contributed by atoms with van der Waals surface area (Å²) in [6, 6.07) is 5.93. The zero-order chi connectivity index (χ0) is 15.3. The fourth-order valence-electron chi connectivity index (χ4n) is 1.61. The molecule has 0 bridgehead atoms. The number of halogens is 2. The second-order valence-corrected chi connectivity index (χ2v) is 4.51. The predicted molar refractivity (Wildman–Crippen MR) is 66.9 cm³/mol. The maximum Gasteiger partial charge on any atom is 0.306 e. The smallest absolute Gasteiger partial charge is 0.306 e. The highest BCUT2D eigenvalue weighted by molar-refractivity contribution is 6.08. The molecule has 0 saturated heterocycles. The van der Waals surface area contributed by atoms with E-state index in [1.54, 1.807) is 19.1 Å². The van der Waals surface area contributed by atoms with Crippen LogP contribution in [0.3, 0.4) is 0 Å². The molecule has 4 nitrogen and oxygen atoms in total. The van der Waals surface area contributed by atoms with Crippen molar-refractivity contribution in [3.63, 3.8) is 0 Å². The molecule has 1 atom stereocenters. The maximum absolute atomic E-state index is 12.0. The Kier molecular flexibility index (Phi) is 5.49. The summed E-state index contributed by atoms with van der Waals surface area (Å²) < 4.78 is 24.1. The molecule has 0 saturated carbocycles. The minimum absolute atomic E-state index is 0.158. The molecular weight excluding hydrogens is 270 g/mol. The van der Waals surface area contributed by atoms with Crippen molar-refractivity contribution in [3.8, 4) is 0 Å². The molecule has 20 heavy (non-hydrogen) atoms. The van der Waals surface area contributed by atoms with Crippen LogP contribution in [0.15, 0.2) is 24.3 Å². The molecule has 0 heterocycles. The van der Waals surface area contributed by atoms with Gasteiger partial charge in [0.15, 0.2) is 5.78 Å². The van der Waals surface area contributed by atoms with E-state index in [1.807, 2.05) is 0 Å². The Bertz CT molecular complexity index is 508. The Hall–Kier alpha value is -2.11. The van der Waals surface area contributed by atoms with E-state index < -0.39 is 36.3 Å². The first kappa shape index (κ1) is 15.9. The van der Waals surface area contributed by atoms with E-state index in [2.05, 4.69) is 0 Å². The van der Waals surface area contributed by atoms with E-state index >= 15 is 0 Å².